The SMILES string of the molecule is COC(=O)C1C[C@@H](Oc2nc(-c3ccccn3)nc3sccc23)CN1C(=O)[C@@H](NC(=O)OC(C)(C)C)C(C)(C)C. The van der Waals surface area contributed by atoms with E-state index in [2.05, 4.69) is 20.3 Å². The van der Waals surface area contributed by atoms with Crippen LogP contribution in [-0.2, 0) is 19.1 Å². The molecule has 3 aromatic rings. The fraction of sp³-hybridized carbons (Fsp3) is 0.500. The fourth-order valence-electron chi connectivity index (χ4n) is 4.41. The van der Waals surface area contributed by atoms with Crippen LogP contribution in [0.5, 0.6) is 5.88 Å². The highest BCUT2D eigenvalue weighted by Gasteiger charge is 2.46. The van der Waals surface area contributed by atoms with Crippen LogP contribution in [-0.4, -0.2) is 75.3 Å². The summed E-state index contributed by atoms with van der Waals surface area (Å²) in [7, 11) is 1.28. The van der Waals surface area contributed by atoms with Crippen molar-refractivity contribution in [1.82, 2.24) is 25.2 Å². The molecule has 214 valence electrons. The van der Waals surface area contributed by atoms with Gasteiger partial charge in [-0.25, -0.2) is 14.6 Å². The summed E-state index contributed by atoms with van der Waals surface area (Å²) in [5, 5.41) is 5.33. The lowest BCUT2D eigenvalue weighted by molar-refractivity contribution is -0.152. The first-order valence-electron chi connectivity index (χ1n) is 13.0. The van der Waals surface area contributed by atoms with Crippen molar-refractivity contribution in [2.24, 2.45) is 5.41 Å². The summed E-state index contributed by atoms with van der Waals surface area (Å²) in [6, 6.07) is 5.47. The van der Waals surface area contributed by atoms with Crippen molar-refractivity contribution in [1.29, 1.82) is 0 Å². The van der Waals surface area contributed by atoms with E-state index in [1.165, 1.54) is 23.3 Å². The molecule has 40 heavy (non-hydrogen) atoms. The quantitative estimate of drug-likeness (QED) is 0.433. The number of carbonyl (C=O) groups excluding carboxylic acids is 3. The summed E-state index contributed by atoms with van der Waals surface area (Å²) in [6.45, 7) is 10.8. The molecule has 1 saturated heterocycles. The van der Waals surface area contributed by atoms with E-state index in [1.807, 2.05) is 50.4 Å². The third-order valence-electron chi connectivity index (χ3n) is 6.26. The van der Waals surface area contributed by atoms with Crippen molar-refractivity contribution in [2.45, 2.75) is 71.8 Å². The Labute approximate surface area is 237 Å². The molecular weight excluding hydrogens is 534 g/mol. The second kappa shape index (κ2) is 11.4. The highest BCUT2D eigenvalue weighted by atomic mass is 32.1. The van der Waals surface area contributed by atoms with Crippen molar-refractivity contribution in [3.8, 4) is 17.4 Å². The van der Waals surface area contributed by atoms with Crippen LogP contribution in [0.4, 0.5) is 4.79 Å². The molecular formula is C28H35N5O6S. The van der Waals surface area contributed by atoms with Crippen LogP contribution < -0.4 is 10.1 Å². The molecule has 1 fully saturated rings. The van der Waals surface area contributed by atoms with Gasteiger partial charge in [0.15, 0.2) is 5.82 Å². The second-order valence-electron chi connectivity index (χ2n) is 11.7. The minimum absolute atomic E-state index is 0.0930. The van der Waals surface area contributed by atoms with Gasteiger partial charge >= 0.3 is 12.1 Å². The van der Waals surface area contributed by atoms with E-state index >= 15 is 0 Å². The largest absolute Gasteiger partial charge is 0.472 e. The summed E-state index contributed by atoms with van der Waals surface area (Å²) in [5.74, 6) is -0.247. The summed E-state index contributed by atoms with van der Waals surface area (Å²) in [6.07, 6.45) is 0.571. The lowest BCUT2D eigenvalue weighted by atomic mass is 9.85. The Morgan fingerprint density at radius 2 is 1.85 bits per heavy atom. The number of esters is 1. The predicted octanol–water partition coefficient (Wildman–Crippen LogP) is 4.21. The molecule has 4 heterocycles. The molecule has 0 saturated carbocycles. The molecule has 0 spiro atoms. The number of amides is 2. The molecule has 3 aromatic heterocycles. The van der Waals surface area contributed by atoms with Gasteiger partial charge in [0.1, 0.15) is 34.3 Å². The highest BCUT2D eigenvalue weighted by Crippen LogP contribution is 2.33. The number of ether oxygens (including phenoxy) is 3. The third kappa shape index (κ3) is 6.67. The van der Waals surface area contributed by atoms with E-state index in [9.17, 15) is 14.4 Å². The molecule has 3 atom stereocenters. The maximum Gasteiger partial charge on any atom is 0.408 e. The van der Waals surface area contributed by atoms with Crippen LogP contribution in [0.1, 0.15) is 48.0 Å². The first-order valence-corrected chi connectivity index (χ1v) is 13.9. The molecule has 2 amide bonds. The molecule has 0 aliphatic carbocycles. The minimum atomic E-state index is -0.966. The average molecular weight is 570 g/mol. The number of pyridine rings is 1. The average Bonchev–Trinajstić information content (AvgIpc) is 3.53. The molecule has 0 bridgehead atoms. The smallest absolute Gasteiger partial charge is 0.408 e. The number of nitrogens with one attached hydrogen (secondary N) is 1. The van der Waals surface area contributed by atoms with Gasteiger partial charge in [0.05, 0.1) is 19.0 Å². The van der Waals surface area contributed by atoms with Crippen molar-refractivity contribution < 1.29 is 28.6 Å². The van der Waals surface area contributed by atoms with Crippen molar-refractivity contribution in [3.63, 3.8) is 0 Å². The number of rotatable bonds is 6. The zero-order valence-corrected chi connectivity index (χ0v) is 24.6. The van der Waals surface area contributed by atoms with Gasteiger partial charge in [0, 0.05) is 12.6 Å². The van der Waals surface area contributed by atoms with Crippen molar-refractivity contribution in [2.75, 3.05) is 13.7 Å². The Kier molecular flexibility index (Phi) is 8.29. The van der Waals surface area contributed by atoms with Gasteiger partial charge in [-0.2, -0.15) is 4.98 Å². The molecule has 12 heteroatoms. The molecule has 1 aliphatic rings. The molecule has 1 unspecified atom stereocenters. The standard InChI is InChI=1S/C28H35N5O6S/c1-27(2,3)20(30-26(36)39-28(4,5)6)24(34)33-15-16(14-19(33)25(35)37-7)38-22-17-11-13-40-23(17)32-21(31-22)18-10-8-9-12-29-18/h8-13,16,19-20H,14-15H2,1-7H3,(H,30,36)/t16-,19?,20-/m1/s1. The molecule has 1 N–H and O–H groups in total. The number of carbonyl (C=O) groups is 3. The summed E-state index contributed by atoms with van der Waals surface area (Å²) in [4.78, 5) is 55.1. The summed E-state index contributed by atoms with van der Waals surface area (Å²) < 4.78 is 16.8. The predicted molar refractivity (Wildman–Crippen MR) is 150 cm³/mol. The van der Waals surface area contributed by atoms with Crippen LogP contribution >= 0.6 is 11.3 Å². The van der Waals surface area contributed by atoms with Crippen LogP contribution in [0.15, 0.2) is 35.8 Å². The number of alkyl carbamates (subject to hydrolysis) is 1. The first-order chi connectivity index (χ1) is 18.8. The molecule has 0 aromatic carbocycles. The zero-order chi connectivity index (χ0) is 29.2. The number of nitrogens with zero attached hydrogens (tertiary/aromatic N) is 4. The Morgan fingerprint density at radius 3 is 2.48 bits per heavy atom. The molecule has 11 nitrogen and oxygen atoms in total. The van der Waals surface area contributed by atoms with Gasteiger partial charge in [-0.3, -0.25) is 9.78 Å². The number of methoxy groups -OCH3 is 1. The van der Waals surface area contributed by atoms with Crippen molar-refractivity contribution in [3.05, 3.63) is 35.8 Å². The van der Waals surface area contributed by atoms with Gasteiger partial charge in [-0.05, 0) is 49.8 Å². The van der Waals surface area contributed by atoms with Gasteiger partial charge in [0.2, 0.25) is 11.8 Å². The molecule has 1 aliphatic heterocycles. The zero-order valence-electron chi connectivity index (χ0n) is 23.8. The van der Waals surface area contributed by atoms with Crippen LogP contribution in [0, 0.1) is 5.41 Å². The Bertz CT molecular complexity index is 1380. The van der Waals surface area contributed by atoms with E-state index < -0.39 is 47.2 Å². The van der Waals surface area contributed by atoms with E-state index in [-0.39, 0.29) is 13.0 Å². The number of hydrogen-bond acceptors (Lipinski definition) is 10. The van der Waals surface area contributed by atoms with E-state index in [0.717, 1.165) is 10.2 Å². The molecule has 4 rings (SSSR count). The van der Waals surface area contributed by atoms with E-state index in [4.69, 9.17) is 14.2 Å². The lowest BCUT2D eigenvalue weighted by Crippen LogP contribution is -2.57. The first kappa shape index (κ1) is 29.2. The van der Waals surface area contributed by atoms with Gasteiger partial charge < -0.3 is 24.4 Å². The van der Waals surface area contributed by atoms with Crippen LogP contribution in [0.25, 0.3) is 21.7 Å². The summed E-state index contributed by atoms with van der Waals surface area (Å²) >= 11 is 1.45. The van der Waals surface area contributed by atoms with E-state index in [0.29, 0.717) is 17.4 Å². The number of likely N-dealkylation sites (tertiary alicyclic amines) is 1. The number of thiophene rings is 1. The normalized spacial score (nSPS) is 18.3. The monoisotopic (exact) mass is 569 g/mol. The lowest BCUT2D eigenvalue weighted by Gasteiger charge is -2.35. The number of hydrogen-bond donors (Lipinski definition) is 1. The van der Waals surface area contributed by atoms with Crippen molar-refractivity contribution >= 4 is 39.5 Å². The topological polar surface area (TPSA) is 133 Å². The number of aromatic nitrogens is 3. The van der Waals surface area contributed by atoms with E-state index in [1.54, 1.807) is 27.0 Å². The van der Waals surface area contributed by atoms with Crippen LogP contribution in [0.3, 0.4) is 0 Å². The van der Waals surface area contributed by atoms with Gasteiger partial charge in [-0.15, -0.1) is 11.3 Å². The highest BCUT2D eigenvalue weighted by molar-refractivity contribution is 7.16. The second-order valence-corrected chi connectivity index (χ2v) is 12.6. The Balaban J connectivity index is 1.61. The Hall–Kier alpha value is -3.80. The third-order valence-corrected chi connectivity index (χ3v) is 7.06. The maximum absolute atomic E-state index is 13.9. The maximum atomic E-state index is 13.9. The fourth-order valence-corrected chi connectivity index (χ4v) is 5.17. The van der Waals surface area contributed by atoms with Crippen LogP contribution in [0.2, 0.25) is 0 Å². The van der Waals surface area contributed by atoms with Gasteiger partial charge in [-0.1, -0.05) is 26.8 Å². The van der Waals surface area contributed by atoms with Gasteiger partial charge in [0.25, 0.3) is 0 Å². The Morgan fingerprint density at radius 1 is 1.10 bits per heavy atom. The summed E-state index contributed by atoms with van der Waals surface area (Å²) in [5.41, 5.74) is -0.824. The minimum Gasteiger partial charge on any atom is -0.472 e. The molecule has 0 radical (unpaired) electrons. The number of fused-ring (bicyclic) bond motifs is 1.